The zero-order chi connectivity index (χ0) is 26.7. The van der Waals surface area contributed by atoms with E-state index in [0.29, 0.717) is 18.7 Å². The fraction of sp³-hybridized carbons (Fsp3) is 0.394. The van der Waals surface area contributed by atoms with Crippen molar-refractivity contribution in [2.45, 2.75) is 76.8 Å². The lowest BCUT2D eigenvalue weighted by molar-refractivity contribution is -0.139. The molecule has 200 valence electrons. The van der Waals surface area contributed by atoms with Gasteiger partial charge in [0.25, 0.3) is 0 Å². The number of nitrogens with one attached hydrogen (secondary N) is 1. The predicted octanol–water partition coefficient (Wildman–Crippen LogP) is 6.63. The molecule has 0 aliphatic heterocycles. The van der Waals surface area contributed by atoms with Crippen molar-refractivity contribution in [3.05, 3.63) is 107 Å². The van der Waals surface area contributed by atoms with Crippen molar-refractivity contribution in [3.8, 4) is 0 Å². The van der Waals surface area contributed by atoms with Gasteiger partial charge in [-0.1, -0.05) is 109 Å². The molecule has 3 aromatic rings. The summed E-state index contributed by atoms with van der Waals surface area (Å²) in [6.45, 7) is 4.56. The van der Waals surface area contributed by atoms with E-state index in [2.05, 4.69) is 55.6 Å². The van der Waals surface area contributed by atoms with Crippen LogP contribution in [0.15, 0.2) is 78.9 Å². The number of aryl methyl sites for hydroxylation is 2. The first-order valence-corrected chi connectivity index (χ1v) is 15.0. The number of hydrogen-bond donors (Lipinski definition) is 1. The Balaban J connectivity index is 1.56. The van der Waals surface area contributed by atoms with Gasteiger partial charge in [-0.3, -0.25) is 9.59 Å². The highest BCUT2D eigenvalue weighted by atomic mass is 32.2. The van der Waals surface area contributed by atoms with Gasteiger partial charge < -0.3 is 10.2 Å². The summed E-state index contributed by atoms with van der Waals surface area (Å²) in [6.07, 6.45) is 6.06. The third-order valence-electron chi connectivity index (χ3n) is 7.27. The molecule has 0 aromatic heterocycles. The van der Waals surface area contributed by atoms with E-state index in [-0.39, 0.29) is 17.9 Å². The Kier molecular flexibility index (Phi) is 10.5. The highest BCUT2D eigenvalue weighted by Crippen LogP contribution is 2.21. The van der Waals surface area contributed by atoms with Gasteiger partial charge in [-0.25, -0.2) is 0 Å². The van der Waals surface area contributed by atoms with Gasteiger partial charge in [0.1, 0.15) is 6.04 Å². The monoisotopic (exact) mass is 528 g/mol. The minimum absolute atomic E-state index is 0.00310. The number of thioether (sulfide) groups is 1. The first-order valence-electron chi connectivity index (χ1n) is 13.8. The SMILES string of the molecule is Cc1ccc(CSCC(=O)N(Cc2cccc(C)c2)[C@@H](Cc2ccccc2)C(=O)NC2CCCCC2)cc1. The van der Waals surface area contributed by atoms with Crippen LogP contribution in [0.2, 0.25) is 0 Å². The molecule has 3 aromatic carbocycles. The number of carbonyl (C=O) groups excluding carboxylic acids is 2. The topological polar surface area (TPSA) is 49.4 Å². The summed E-state index contributed by atoms with van der Waals surface area (Å²) in [7, 11) is 0. The number of rotatable bonds is 11. The lowest BCUT2D eigenvalue weighted by Crippen LogP contribution is -2.53. The van der Waals surface area contributed by atoms with Crippen LogP contribution in [0, 0.1) is 13.8 Å². The first kappa shape index (κ1) is 28.0. The highest BCUT2D eigenvalue weighted by Gasteiger charge is 2.31. The Labute approximate surface area is 232 Å². The van der Waals surface area contributed by atoms with Gasteiger partial charge in [-0.15, -0.1) is 11.8 Å². The van der Waals surface area contributed by atoms with Gasteiger partial charge in [0.2, 0.25) is 11.8 Å². The van der Waals surface area contributed by atoms with E-state index >= 15 is 0 Å². The fourth-order valence-electron chi connectivity index (χ4n) is 5.13. The summed E-state index contributed by atoms with van der Waals surface area (Å²) in [6, 6.07) is 26.4. The summed E-state index contributed by atoms with van der Waals surface area (Å²) in [5.41, 5.74) is 5.69. The van der Waals surface area contributed by atoms with Crippen molar-refractivity contribution >= 4 is 23.6 Å². The fourth-order valence-corrected chi connectivity index (χ4v) is 6.00. The van der Waals surface area contributed by atoms with Crippen molar-refractivity contribution < 1.29 is 9.59 Å². The van der Waals surface area contributed by atoms with E-state index in [1.54, 1.807) is 11.8 Å². The normalized spacial score (nSPS) is 14.6. The van der Waals surface area contributed by atoms with Crippen molar-refractivity contribution in [3.63, 3.8) is 0 Å². The van der Waals surface area contributed by atoms with Crippen LogP contribution in [0.4, 0.5) is 0 Å². The molecule has 4 rings (SSSR count). The maximum atomic E-state index is 13.8. The Morgan fingerprint density at radius 1 is 0.842 bits per heavy atom. The van der Waals surface area contributed by atoms with Crippen molar-refractivity contribution in [1.82, 2.24) is 10.2 Å². The second kappa shape index (κ2) is 14.2. The number of benzene rings is 3. The molecule has 1 N–H and O–H groups in total. The second-order valence-electron chi connectivity index (χ2n) is 10.5. The lowest BCUT2D eigenvalue weighted by atomic mass is 9.94. The summed E-state index contributed by atoms with van der Waals surface area (Å²) in [5.74, 6) is 1.07. The predicted molar refractivity (Wildman–Crippen MR) is 158 cm³/mol. The molecule has 1 fully saturated rings. The molecule has 1 atom stereocenters. The molecular weight excluding hydrogens is 488 g/mol. The van der Waals surface area contributed by atoms with Gasteiger partial charge >= 0.3 is 0 Å². The van der Waals surface area contributed by atoms with Crippen LogP contribution in [0.1, 0.15) is 59.9 Å². The molecule has 0 radical (unpaired) electrons. The molecule has 1 aliphatic rings. The third-order valence-corrected chi connectivity index (χ3v) is 8.26. The Bertz CT molecular complexity index is 1170. The second-order valence-corrected chi connectivity index (χ2v) is 11.5. The number of amides is 2. The average molecular weight is 529 g/mol. The lowest BCUT2D eigenvalue weighted by Gasteiger charge is -2.33. The third kappa shape index (κ3) is 8.49. The van der Waals surface area contributed by atoms with Crippen molar-refractivity contribution in [2.75, 3.05) is 5.75 Å². The maximum Gasteiger partial charge on any atom is 0.243 e. The van der Waals surface area contributed by atoms with Crippen molar-refractivity contribution in [1.29, 1.82) is 0 Å². The van der Waals surface area contributed by atoms with E-state index in [9.17, 15) is 9.59 Å². The van der Waals surface area contributed by atoms with Crippen LogP contribution in [0.3, 0.4) is 0 Å². The molecule has 0 heterocycles. The minimum Gasteiger partial charge on any atom is -0.352 e. The van der Waals surface area contributed by atoms with Gasteiger partial charge in [0, 0.05) is 24.8 Å². The van der Waals surface area contributed by atoms with Crippen LogP contribution < -0.4 is 5.32 Å². The summed E-state index contributed by atoms with van der Waals surface area (Å²) in [5, 5.41) is 3.32. The molecule has 1 saturated carbocycles. The van der Waals surface area contributed by atoms with Crippen molar-refractivity contribution in [2.24, 2.45) is 0 Å². The largest absolute Gasteiger partial charge is 0.352 e. The molecule has 0 unspecified atom stereocenters. The van der Waals surface area contributed by atoms with E-state index in [0.717, 1.165) is 48.1 Å². The molecule has 2 amide bonds. The highest BCUT2D eigenvalue weighted by molar-refractivity contribution is 7.99. The van der Waals surface area contributed by atoms with E-state index < -0.39 is 6.04 Å². The first-order chi connectivity index (χ1) is 18.5. The Morgan fingerprint density at radius 3 is 2.26 bits per heavy atom. The van der Waals surface area contributed by atoms with Gasteiger partial charge in [0.15, 0.2) is 0 Å². The molecule has 4 nitrogen and oxygen atoms in total. The maximum absolute atomic E-state index is 13.8. The summed E-state index contributed by atoms with van der Waals surface area (Å²) < 4.78 is 0. The van der Waals surface area contributed by atoms with Gasteiger partial charge in [-0.2, -0.15) is 0 Å². The Morgan fingerprint density at radius 2 is 1.55 bits per heavy atom. The average Bonchev–Trinajstić information content (AvgIpc) is 2.93. The van der Waals surface area contributed by atoms with E-state index in [1.807, 2.05) is 47.4 Å². The van der Waals surface area contributed by atoms with Crippen LogP contribution in [-0.2, 0) is 28.3 Å². The Hall–Kier alpha value is -3.05. The van der Waals surface area contributed by atoms with E-state index in [1.165, 1.54) is 17.5 Å². The molecule has 1 aliphatic carbocycles. The number of carbonyl (C=O) groups is 2. The zero-order valence-corrected chi connectivity index (χ0v) is 23.5. The molecule has 0 spiro atoms. The van der Waals surface area contributed by atoms with Gasteiger partial charge in [-0.05, 0) is 43.4 Å². The van der Waals surface area contributed by atoms with Crippen LogP contribution in [0.25, 0.3) is 0 Å². The standard InChI is InChI=1S/C33H40N2O2S/c1-25-16-18-28(19-17-25)23-38-24-32(36)35(22-29-13-9-10-26(2)20-29)31(21-27-11-5-3-6-12-27)33(37)34-30-14-7-4-8-15-30/h3,5-6,9-13,16-20,30-31H,4,7-8,14-15,21-24H2,1-2H3,(H,34,37)/t31-/m0/s1. The van der Waals surface area contributed by atoms with Crippen LogP contribution in [0.5, 0.6) is 0 Å². The summed E-state index contributed by atoms with van der Waals surface area (Å²) >= 11 is 1.61. The number of hydrogen-bond acceptors (Lipinski definition) is 3. The minimum atomic E-state index is -0.563. The molecule has 38 heavy (non-hydrogen) atoms. The molecular formula is C33H40N2O2S. The van der Waals surface area contributed by atoms with Gasteiger partial charge in [0.05, 0.1) is 5.75 Å². The molecule has 0 saturated heterocycles. The zero-order valence-electron chi connectivity index (χ0n) is 22.7. The van der Waals surface area contributed by atoms with Crippen LogP contribution in [-0.4, -0.2) is 34.6 Å². The summed E-state index contributed by atoms with van der Waals surface area (Å²) in [4.78, 5) is 29.5. The number of nitrogens with zero attached hydrogens (tertiary/aromatic N) is 1. The smallest absolute Gasteiger partial charge is 0.243 e. The molecule has 0 bridgehead atoms. The quantitative estimate of drug-likeness (QED) is 0.304. The van der Waals surface area contributed by atoms with Crippen LogP contribution >= 0.6 is 11.8 Å². The molecule has 5 heteroatoms. The van der Waals surface area contributed by atoms with E-state index in [4.69, 9.17) is 0 Å².